The number of nitrogens with one attached hydrogen (secondary N) is 2. The first kappa shape index (κ1) is 17.8. The van der Waals surface area contributed by atoms with Gasteiger partial charge >= 0.3 is 12.0 Å². The molecule has 0 bridgehead atoms. The summed E-state index contributed by atoms with van der Waals surface area (Å²) in [5.41, 5.74) is -1.08. The average Bonchev–Trinajstić information content (AvgIpc) is 2.37. The summed E-state index contributed by atoms with van der Waals surface area (Å²) < 4.78 is 0. The van der Waals surface area contributed by atoms with Gasteiger partial charge in [-0.25, -0.2) is 9.59 Å². The molecule has 0 radical (unpaired) electrons. The third kappa shape index (κ3) is 5.94. The molecule has 2 amide bonds. The Kier molecular flexibility index (Phi) is 6.99. The van der Waals surface area contributed by atoms with Crippen molar-refractivity contribution >= 4 is 12.0 Å². The Hall–Kier alpha value is -1.26. The van der Waals surface area contributed by atoms with Gasteiger partial charge in [0, 0.05) is 6.54 Å². The van der Waals surface area contributed by atoms with Gasteiger partial charge in [-0.3, -0.25) is 0 Å². The number of carboxylic acid groups (broad SMARTS) is 1. The average molecular weight is 298 g/mol. The molecule has 2 atom stereocenters. The van der Waals surface area contributed by atoms with Crippen molar-refractivity contribution in [1.29, 1.82) is 0 Å². The van der Waals surface area contributed by atoms with Crippen LogP contribution in [0.3, 0.4) is 0 Å². The monoisotopic (exact) mass is 298 g/mol. The normalized spacial score (nSPS) is 25.6. The standard InChI is InChI=1S/C16H30N2O3/c1-12(2)7-4-5-10-17-15(21)18-16(14(19)20)9-6-8-13(3)11-16/h12-13H,4-11H2,1-3H3,(H,19,20)(H2,17,18,21). The summed E-state index contributed by atoms with van der Waals surface area (Å²) in [5.74, 6) is 0.100. The SMILES string of the molecule is CC(C)CCCCNC(=O)NC1(C(=O)O)CCCC(C)C1. The fourth-order valence-electron chi connectivity index (χ4n) is 3.05. The van der Waals surface area contributed by atoms with Gasteiger partial charge in [0.2, 0.25) is 0 Å². The lowest BCUT2D eigenvalue weighted by Gasteiger charge is -2.37. The fourth-order valence-corrected chi connectivity index (χ4v) is 3.05. The summed E-state index contributed by atoms with van der Waals surface area (Å²) >= 11 is 0. The zero-order valence-corrected chi connectivity index (χ0v) is 13.6. The number of rotatable bonds is 7. The van der Waals surface area contributed by atoms with Gasteiger partial charge in [0.15, 0.2) is 0 Å². The molecule has 1 saturated carbocycles. The molecule has 0 heterocycles. The van der Waals surface area contributed by atoms with E-state index >= 15 is 0 Å². The van der Waals surface area contributed by atoms with Crippen LogP contribution in [0, 0.1) is 11.8 Å². The minimum absolute atomic E-state index is 0.334. The van der Waals surface area contributed by atoms with Crippen LogP contribution in [0.5, 0.6) is 0 Å². The van der Waals surface area contributed by atoms with Crippen molar-refractivity contribution in [2.45, 2.75) is 71.3 Å². The minimum atomic E-state index is -1.08. The first-order valence-corrected chi connectivity index (χ1v) is 8.15. The number of urea groups is 1. The molecule has 5 nitrogen and oxygen atoms in total. The molecule has 3 N–H and O–H groups in total. The molecule has 21 heavy (non-hydrogen) atoms. The van der Waals surface area contributed by atoms with Gasteiger partial charge in [0.05, 0.1) is 0 Å². The van der Waals surface area contributed by atoms with Gasteiger partial charge in [-0.05, 0) is 31.1 Å². The lowest BCUT2D eigenvalue weighted by Crippen LogP contribution is -2.59. The second-order valence-electron chi connectivity index (χ2n) is 6.86. The van der Waals surface area contributed by atoms with Crippen LogP contribution in [-0.4, -0.2) is 29.2 Å². The molecule has 1 aliphatic carbocycles. The highest BCUT2D eigenvalue weighted by Crippen LogP contribution is 2.32. The third-order valence-electron chi connectivity index (χ3n) is 4.25. The Labute approximate surface area is 127 Å². The van der Waals surface area contributed by atoms with Gasteiger partial charge in [-0.2, -0.15) is 0 Å². The zero-order chi connectivity index (χ0) is 15.9. The van der Waals surface area contributed by atoms with Crippen molar-refractivity contribution in [2.75, 3.05) is 6.54 Å². The van der Waals surface area contributed by atoms with E-state index in [4.69, 9.17) is 0 Å². The predicted octanol–water partition coefficient (Wildman–Crippen LogP) is 3.15. The van der Waals surface area contributed by atoms with Gasteiger partial charge in [0.1, 0.15) is 5.54 Å². The van der Waals surface area contributed by atoms with Crippen molar-refractivity contribution in [3.8, 4) is 0 Å². The van der Waals surface area contributed by atoms with E-state index in [-0.39, 0.29) is 6.03 Å². The van der Waals surface area contributed by atoms with E-state index in [1.54, 1.807) is 0 Å². The highest BCUT2D eigenvalue weighted by atomic mass is 16.4. The number of carbonyl (C=O) groups excluding carboxylic acids is 1. The highest BCUT2D eigenvalue weighted by molar-refractivity contribution is 5.86. The fraction of sp³-hybridized carbons (Fsp3) is 0.875. The van der Waals surface area contributed by atoms with Crippen molar-refractivity contribution in [3.05, 3.63) is 0 Å². The van der Waals surface area contributed by atoms with Crippen LogP contribution in [0.15, 0.2) is 0 Å². The molecule has 1 fully saturated rings. The van der Waals surface area contributed by atoms with Crippen LogP contribution in [0.2, 0.25) is 0 Å². The molecule has 0 spiro atoms. The Balaban J connectivity index is 2.38. The predicted molar refractivity (Wildman–Crippen MR) is 83.2 cm³/mol. The smallest absolute Gasteiger partial charge is 0.329 e. The van der Waals surface area contributed by atoms with E-state index in [0.717, 1.165) is 32.1 Å². The second-order valence-corrected chi connectivity index (χ2v) is 6.86. The molecule has 0 aliphatic heterocycles. The van der Waals surface area contributed by atoms with Crippen molar-refractivity contribution < 1.29 is 14.7 Å². The van der Waals surface area contributed by atoms with Crippen LogP contribution < -0.4 is 10.6 Å². The number of amides is 2. The van der Waals surface area contributed by atoms with E-state index in [1.807, 2.05) is 6.92 Å². The summed E-state index contributed by atoms with van der Waals surface area (Å²) in [6.45, 7) is 7.01. The number of hydrogen-bond acceptors (Lipinski definition) is 2. The Morgan fingerprint density at radius 2 is 2.05 bits per heavy atom. The molecule has 122 valence electrons. The highest BCUT2D eigenvalue weighted by Gasteiger charge is 2.43. The number of hydrogen-bond donors (Lipinski definition) is 3. The Morgan fingerprint density at radius 1 is 1.33 bits per heavy atom. The van der Waals surface area contributed by atoms with Gasteiger partial charge < -0.3 is 15.7 Å². The molecule has 5 heteroatoms. The van der Waals surface area contributed by atoms with Gasteiger partial charge in [-0.1, -0.05) is 46.5 Å². The number of unbranched alkanes of at least 4 members (excludes halogenated alkanes) is 1. The summed E-state index contributed by atoms with van der Waals surface area (Å²) in [7, 11) is 0. The summed E-state index contributed by atoms with van der Waals surface area (Å²) in [4.78, 5) is 23.5. The summed E-state index contributed by atoms with van der Waals surface area (Å²) in [5, 5.41) is 15.0. The van der Waals surface area contributed by atoms with E-state index in [0.29, 0.717) is 31.2 Å². The number of carbonyl (C=O) groups is 2. The van der Waals surface area contributed by atoms with Crippen LogP contribution >= 0.6 is 0 Å². The molecular formula is C16H30N2O3. The number of carboxylic acids is 1. The van der Waals surface area contributed by atoms with E-state index < -0.39 is 11.5 Å². The molecule has 1 aliphatic rings. The first-order valence-electron chi connectivity index (χ1n) is 8.15. The minimum Gasteiger partial charge on any atom is -0.480 e. The molecule has 0 aromatic carbocycles. The lowest BCUT2D eigenvalue weighted by atomic mass is 9.76. The van der Waals surface area contributed by atoms with Gasteiger partial charge in [0.25, 0.3) is 0 Å². The largest absolute Gasteiger partial charge is 0.480 e. The van der Waals surface area contributed by atoms with Crippen molar-refractivity contribution in [1.82, 2.24) is 10.6 Å². The van der Waals surface area contributed by atoms with Crippen molar-refractivity contribution in [3.63, 3.8) is 0 Å². The Bertz CT molecular complexity index is 357. The maximum absolute atomic E-state index is 11.9. The van der Waals surface area contributed by atoms with Crippen molar-refractivity contribution in [2.24, 2.45) is 11.8 Å². The second kappa shape index (κ2) is 8.25. The van der Waals surface area contributed by atoms with Crippen LogP contribution in [0.4, 0.5) is 4.79 Å². The summed E-state index contributed by atoms with van der Waals surface area (Å²) in [6.07, 6.45) is 6.09. The third-order valence-corrected chi connectivity index (χ3v) is 4.25. The maximum atomic E-state index is 11.9. The van der Waals surface area contributed by atoms with Crippen LogP contribution in [0.1, 0.15) is 65.7 Å². The molecule has 0 saturated heterocycles. The molecule has 2 unspecified atom stereocenters. The molecule has 0 aromatic heterocycles. The topological polar surface area (TPSA) is 78.4 Å². The number of aliphatic carboxylic acids is 1. The maximum Gasteiger partial charge on any atom is 0.329 e. The molecular weight excluding hydrogens is 268 g/mol. The lowest BCUT2D eigenvalue weighted by molar-refractivity contribution is -0.146. The van der Waals surface area contributed by atoms with E-state index in [2.05, 4.69) is 24.5 Å². The van der Waals surface area contributed by atoms with Crippen LogP contribution in [0.25, 0.3) is 0 Å². The van der Waals surface area contributed by atoms with E-state index in [9.17, 15) is 14.7 Å². The quantitative estimate of drug-likeness (QED) is 0.632. The van der Waals surface area contributed by atoms with E-state index in [1.165, 1.54) is 0 Å². The molecule has 1 rings (SSSR count). The zero-order valence-electron chi connectivity index (χ0n) is 13.6. The van der Waals surface area contributed by atoms with Gasteiger partial charge in [-0.15, -0.1) is 0 Å². The first-order chi connectivity index (χ1) is 9.85. The summed E-state index contributed by atoms with van der Waals surface area (Å²) in [6, 6.07) is -0.351. The Morgan fingerprint density at radius 3 is 2.62 bits per heavy atom. The molecule has 0 aromatic rings. The van der Waals surface area contributed by atoms with Crippen LogP contribution in [-0.2, 0) is 4.79 Å².